The first-order valence-corrected chi connectivity index (χ1v) is 5.87. The first kappa shape index (κ1) is 12.8. The second-order valence-corrected chi connectivity index (χ2v) is 4.25. The van der Waals surface area contributed by atoms with Crippen molar-refractivity contribution in [2.45, 2.75) is 12.3 Å². The molecule has 2 nitrogen and oxygen atoms in total. The van der Waals surface area contributed by atoms with Crippen LogP contribution in [0.4, 0.5) is 4.39 Å². The highest BCUT2D eigenvalue weighted by molar-refractivity contribution is 5.35. The fourth-order valence-electron chi connectivity index (χ4n) is 1.94. The molecule has 0 spiro atoms. The van der Waals surface area contributed by atoms with E-state index in [0.717, 1.165) is 11.1 Å². The lowest BCUT2D eigenvalue weighted by atomic mass is 9.93. The minimum atomic E-state index is -0.338. The van der Waals surface area contributed by atoms with Crippen LogP contribution in [0.2, 0.25) is 0 Å². The first-order valence-electron chi connectivity index (χ1n) is 5.87. The molecular weight excluding hydrogens is 239 g/mol. The molecule has 0 N–H and O–H groups in total. The topological polar surface area (TPSA) is 47.6 Å². The van der Waals surface area contributed by atoms with Gasteiger partial charge in [0.1, 0.15) is 5.82 Å². The molecule has 2 rings (SSSR count). The van der Waals surface area contributed by atoms with Crippen LogP contribution in [0.3, 0.4) is 0 Å². The van der Waals surface area contributed by atoms with Gasteiger partial charge in [-0.25, -0.2) is 4.39 Å². The van der Waals surface area contributed by atoms with Crippen molar-refractivity contribution in [1.82, 2.24) is 0 Å². The van der Waals surface area contributed by atoms with Gasteiger partial charge in [0.15, 0.2) is 0 Å². The van der Waals surface area contributed by atoms with Crippen molar-refractivity contribution in [3.05, 3.63) is 71.0 Å². The molecule has 0 aromatic heterocycles. The third-order valence-corrected chi connectivity index (χ3v) is 2.92. The molecule has 0 aliphatic rings. The summed E-state index contributed by atoms with van der Waals surface area (Å²) in [5, 5.41) is 18.1. The maximum Gasteiger partial charge on any atom is 0.123 e. The van der Waals surface area contributed by atoms with E-state index in [1.54, 1.807) is 30.3 Å². The zero-order valence-electron chi connectivity index (χ0n) is 10.2. The van der Waals surface area contributed by atoms with Gasteiger partial charge in [-0.3, -0.25) is 0 Å². The summed E-state index contributed by atoms with van der Waals surface area (Å²) in [7, 11) is 0. The molecule has 2 aromatic rings. The smallest absolute Gasteiger partial charge is 0.123 e. The van der Waals surface area contributed by atoms with Crippen LogP contribution < -0.4 is 0 Å². The van der Waals surface area contributed by atoms with E-state index in [0.29, 0.717) is 12.0 Å². The summed E-state index contributed by atoms with van der Waals surface area (Å²) in [4.78, 5) is 0. The molecule has 0 saturated heterocycles. The maximum absolute atomic E-state index is 12.9. The van der Waals surface area contributed by atoms with Crippen molar-refractivity contribution in [3.8, 4) is 12.1 Å². The molecule has 0 fully saturated rings. The van der Waals surface area contributed by atoms with E-state index in [2.05, 4.69) is 12.1 Å². The molecule has 1 atom stereocenters. The number of rotatable bonds is 3. The quantitative estimate of drug-likeness (QED) is 0.836. The predicted octanol–water partition coefficient (Wildman–Crippen LogP) is 3.55. The second kappa shape index (κ2) is 5.80. The molecule has 0 aliphatic carbocycles. The highest BCUT2D eigenvalue weighted by atomic mass is 19.1. The van der Waals surface area contributed by atoms with Crippen LogP contribution in [0.5, 0.6) is 0 Å². The number of benzene rings is 2. The lowest BCUT2D eigenvalue weighted by Gasteiger charge is -2.09. The van der Waals surface area contributed by atoms with Gasteiger partial charge < -0.3 is 0 Å². The lowest BCUT2D eigenvalue weighted by Crippen LogP contribution is -2.00. The molecule has 0 aliphatic heterocycles. The number of nitriles is 2. The second-order valence-electron chi connectivity index (χ2n) is 4.25. The van der Waals surface area contributed by atoms with Gasteiger partial charge in [-0.1, -0.05) is 24.3 Å². The van der Waals surface area contributed by atoms with Crippen molar-refractivity contribution in [1.29, 1.82) is 10.5 Å². The van der Waals surface area contributed by atoms with Crippen molar-refractivity contribution < 1.29 is 4.39 Å². The normalized spacial score (nSPS) is 11.3. The Morgan fingerprint density at radius 3 is 2.42 bits per heavy atom. The van der Waals surface area contributed by atoms with E-state index in [1.165, 1.54) is 12.1 Å². The third-order valence-electron chi connectivity index (χ3n) is 2.92. The summed E-state index contributed by atoms with van der Waals surface area (Å²) in [5.41, 5.74) is 2.29. The largest absolute Gasteiger partial charge is 0.207 e. The number of hydrogen-bond acceptors (Lipinski definition) is 2. The maximum atomic E-state index is 12.9. The van der Waals surface area contributed by atoms with Crippen LogP contribution in [-0.4, -0.2) is 0 Å². The van der Waals surface area contributed by atoms with Crippen molar-refractivity contribution >= 4 is 0 Å². The Hall–Kier alpha value is -2.65. The minimum Gasteiger partial charge on any atom is -0.207 e. The Morgan fingerprint density at radius 2 is 1.79 bits per heavy atom. The van der Waals surface area contributed by atoms with Gasteiger partial charge >= 0.3 is 0 Å². The monoisotopic (exact) mass is 250 g/mol. The Kier molecular flexibility index (Phi) is 3.90. The minimum absolute atomic E-state index is 0.313. The molecule has 0 radical (unpaired) electrons. The van der Waals surface area contributed by atoms with E-state index in [1.807, 2.05) is 6.07 Å². The predicted molar refractivity (Wildman–Crippen MR) is 69.6 cm³/mol. The summed E-state index contributed by atoms with van der Waals surface area (Å²) in [6, 6.07) is 17.4. The number of hydrogen-bond donors (Lipinski definition) is 0. The third kappa shape index (κ3) is 3.18. The molecule has 0 heterocycles. The average Bonchev–Trinajstić information content (AvgIpc) is 2.46. The van der Waals surface area contributed by atoms with Crippen LogP contribution in [0.1, 0.15) is 22.6 Å². The van der Waals surface area contributed by atoms with Crippen LogP contribution in [-0.2, 0) is 6.42 Å². The fourth-order valence-corrected chi connectivity index (χ4v) is 1.94. The van der Waals surface area contributed by atoms with E-state index in [4.69, 9.17) is 5.26 Å². The highest BCUT2D eigenvalue weighted by Crippen LogP contribution is 2.21. The van der Waals surface area contributed by atoms with Crippen LogP contribution in [0.25, 0.3) is 0 Å². The SMILES string of the molecule is N#Cc1cccc(CC(C#N)c2ccc(F)cc2)c1. The molecule has 3 heteroatoms. The summed E-state index contributed by atoms with van der Waals surface area (Å²) in [6.45, 7) is 0. The molecule has 2 aromatic carbocycles. The van der Waals surface area contributed by atoms with E-state index < -0.39 is 0 Å². The van der Waals surface area contributed by atoms with Gasteiger partial charge in [0.2, 0.25) is 0 Å². The molecule has 0 saturated carbocycles. The van der Waals surface area contributed by atoms with Gasteiger partial charge in [0.25, 0.3) is 0 Å². The van der Waals surface area contributed by atoms with Crippen LogP contribution in [0, 0.1) is 28.5 Å². The highest BCUT2D eigenvalue weighted by Gasteiger charge is 2.11. The van der Waals surface area contributed by atoms with Gasteiger partial charge in [-0.2, -0.15) is 10.5 Å². The van der Waals surface area contributed by atoms with Crippen LogP contribution >= 0.6 is 0 Å². The Labute approximate surface area is 111 Å². The number of nitrogens with zero attached hydrogens (tertiary/aromatic N) is 2. The van der Waals surface area contributed by atoms with Crippen molar-refractivity contribution in [2.24, 2.45) is 0 Å². The standard InChI is InChI=1S/C16H11FN2/c17-16-6-4-14(5-7-16)15(11-19)9-12-2-1-3-13(8-12)10-18/h1-8,15H,9H2. The van der Waals surface area contributed by atoms with Gasteiger partial charge in [0, 0.05) is 0 Å². The summed E-state index contributed by atoms with van der Waals surface area (Å²) in [5.74, 6) is -0.651. The fraction of sp³-hybridized carbons (Fsp3) is 0.125. The van der Waals surface area contributed by atoms with E-state index >= 15 is 0 Å². The average molecular weight is 250 g/mol. The molecule has 0 bridgehead atoms. The molecule has 1 unspecified atom stereocenters. The van der Waals surface area contributed by atoms with Gasteiger partial charge in [-0.15, -0.1) is 0 Å². The number of halogens is 1. The van der Waals surface area contributed by atoms with Crippen molar-refractivity contribution in [2.75, 3.05) is 0 Å². The molecule has 0 amide bonds. The Morgan fingerprint density at radius 1 is 1.05 bits per heavy atom. The molecule has 19 heavy (non-hydrogen) atoms. The van der Waals surface area contributed by atoms with E-state index in [-0.39, 0.29) is 11.7 Å². The van der Waals surface area contributed by atoms with Gasteiger partial charge in [-0.05, 0) is 41.8 Å². The zero-order chi connectivity index (χ0) is 13.7. The summed E-state index contributed by atoms with van der Waals surface area (Å²) in [6.07, 6.45) is 0.512. The van der Waals surface area contributed by atoms with Crippen LogP contribution in [0.15, 0.2) is 48.5 Å². The first-order chi connectivity index (χ1) is 9.22. The molecule has 92 valence electrons. The molecular formula is C16H11FN2. The Balaban J connectivity index is 2.22. The zero-order valence-corrected chi connectivity index (χ0v) is 10.2. The lowest BCUT2D eigenvalue weighted by molar-refractivity contribution is 0.626. The Bertz CT molecular complexity index is 648. The van der Waals surface area contributed by atoms with Crippen molar-refractivity contribution in [3.63, 3.8) is 0 Å². The van der Waals surface area contributed by atoms with E-state index in [9.17, 15) is 9.65 Å². The van der Waals surface area contributed by atoms with Gasteiger partial charge in [0.05, 0.1) is 23.6 Å². The summed E-state index contributed by atoms with van der Waals surface area (Å²) < 4.78 is 12.9. The summed E-state index contributed by atoms with van der Waals surface area (Å²) >= 11 is 0.